The van der Waals surface area contributed by atoms with Crippen LogP contribution in [0.4, 0.5) is 0 Å². The maximum Gasteiger partial charge on any atom is 0.304 e. The van der Waals surface area contributed by atoms with Crippen LogP contribution < -0.4 is 0 Å². The van der Waals surface area contributed by atoms with Crippen LogP contribution in [0.3, 0.4) is 0 Å². The van der Waals surface area contributed by atoms with Gasteiger partial charge in [0, 0.05) is 26.2 Å². The fourth-order valence-electron chi connectivity index (χ4n) is 3.44. The molecule has 2 aliphatic rings. The van der Waals surface area contributed by atoms with E-state index in [-0.39, 0.29) is 6.42 Å². The molecule has 116 valence electrons. The lowest BCUT2D eigenvalue weighted by Gasteiger charge is -2.39. The summed E-state index contributed by atoms with van der Waals surface area (Å²) in [6.07, 6.45) is 3.34. The number of carboxylic acid groups (broad SMARTS) is 1. The second-order valence-corrected chi connectivity index (χ2v) is 6.40. The van der Waals surface area contributed by atoms with Crippen molar-refractivity contribution in [3.63, 3.8) is 0 Å². The molecule has 0 radical (unpaired) electrons. The summed E-state index contributed by atoms with van der Waals surface area (Å²) < 4.78 is 5.77. The number of aliphatic carboxylic acids is 1. The lowest BCUT2D eigenvalue weighted by atomic mass is 9.95. The largest absolute Gasteiger partial charge is 0.481 e. The highest BCUT2D eigenvalue weighted by Crippen LogP contribution is 2.20. The Morgan fingerprint density at radius 2 is 1.75 bits per heavy atom. The molecule has 0 saturated carbocycles. The van der Waals surface area contributed by atoms with Gasteiger partial charge in [0.25, 0.3) is 0 Å². The number of nitrogens with zero attached hydrogens (tertiary/aromatic N) is 2. The number of piperidine rings is 1. The number of carbonyl (C=O) groups is 1. The first-order valence-corrected chi connectivity index (χ1v) is 7.85. The van der Waals surface area contributed by atoms with Crippen LogP contribution in [0.1, 0.15) is 33.1 Å². The van der Waals surface area contributed by atoms with Crippen molar-refractivity contribution in [1.29, 1.82) is 0 Å². The van der Waals surface area contributed by atoms with E-state index in [0.29, 0.717) is 18.8 Å². The average molecular weight is 284 g/mol. The summed E-state index contributed by atoms with van der Waals surface area (Å²) in [5.74, 6) is 0.0667. The van der Waals surface area contributed by atoms with Gasteiger partial charge in [-0.2, -0.15) is 0 Å². The summed E-state index contributed by atoms with van der Waals surface area (Å²) in [6, 6.07) is 0. The average Bonchev–Trinajstić information content (AvgIpc) is 2.36. The molecule has 0 aromatic carbocycles. The summed E-state index contributed by atoms with van der Waals surface area (Å²) in [4.78, 5) is 15.4. The van der Waals surface area contributed by atoms with Crippen LogP contribution in [0.15, 0.2) is 0 Å². The van der Waals surface area contributed by atoms with Crippen molar-refractivity contribution in [2.24, 2.45) is 5.92 Å². The zero-order valence-corrected chi connectivity index (χ0v) is 12.8. The number of morpholine rings is 1. The Hall–Kier alpha value is -0.650. The third-order valence-corrected chi connectivity index (χ3v) is 4.36. The summed E-state index contributed by atoms with van der Waals surface area (Å²) in [5, 5.41) is 8.72. The second kappa shape index (κ2) is 7.38. The topological polar surface area (TPSA) is 53.0 Å². The summed E-state index contributed by atoms with van der Waals surface area (Å²) in [6.45, 7) is 10.4. The van der Waals surface area contributed by atoms with Crippen LogP contribution in [-0.2, 0) is 9.53 Å². The standard InChI is InChI=1S/C15H28N2O3/c1-12-9-17(10-13(2)20-12)11-14-3-6-16(7-4-14)8-5-15(18)19/h12-14H,3-11H2,1-2H3,(H,18,19). The van der Waals surface area contributed by atoms with Crippen molar-refractivity contribution in [3.05, 3.63) is 0 Å². The number of hydrogen-bond donors (Lipinski definition) is 1. The molecule has 2 saturated heterocycles. The van der Waals surface area contributed by atoms with E-state index >= 15 is 0 Å². The Balaban J connectivity index is 1.67. The SMILES string of the molecule is CC1CN(CC2CCN(CCC(=O)O)CC2)CC(C)O1. The van der Waals surface area contributed by atoms with Crippen molar-refractivity contribution in [2.75, 3.05) is 39.3 Å². The lowest BCUT2D eigenvalue weighted by Crippen LogP contribution is -2.48. The van der Waals surface area contributed by atoms with Crippen LogP contribution in [0.25, 0.3) is 0 Å². The molecule has 2 unspecified atom stereocenters. The maximum absolute atomic E-state index is 10.6. The fourth-order valence-corrected chi connectivity index (χ4v) is 3.44. The smallest absolute Gasteiger partial charge is 0.304 e. The number of rotatable bonds is 5. The monoisotopic (exact) mass is 284 g/mol. The van der Waals surface area contributed by atoms with E-state index in [1.165, 1.54) is 19.4 Å². The highest BCUT2D eigenvalue weighted by molar-refractivity contribution is 5.66. The van der Waals surface area contributed by atoms with Crippen molar-refractivity contribution in [3.8, 4) is 0 Å². The van der Waals surface area contributed by atoms with Crippen molar-refractivity contribution in [1.82, 2.24) is 9.80 Å². The van der Waals surface area contributed by atoms with Gasteiger partial charge in [0.15, 0.2) is 0 Å². The molecule has 20 heavy (non-hydrogen) atoms. The molecule has 2 atom stereocenters. The molecule has 1 N–H and O–H groups in total. The predicted octanol–water partition coefficient (Wildman–Crippen LogP) is 1.28. The first kappa shape index (κ1) is 15.7. The van der Waals surface area contributed by atoms with Gasteiger partial charge in [0.1, 0.15) is 0 Å². The van der Waals surface area contributed by atoms with Gasteiger partial charge < -0.3 is 14.7 Å². The molecule has 5 nitrogen and oxygen atoms in total. The lowest BCUT2D eigenvalue weighted by molar-refractivity contribution is -0.137. The Morgan fingerprint density at radius 3 is 2.30 bits per heavy atom. The minimum atomic E-state index is -0.691. The zero-order chi connectivity index (χ0) is 14.5. The summed E-state index contributed by atoms with van der Waals surface area (Å²) in [7, 11) is 0. The van der Waals surface area contributed by atoms with Gasteiger partial charge in [-0.15, -0.1) is 0 Å². The molecule has 2 rings (SSSR count). The van der Waals surface area contributed by atoms with Crippen LogP contribution in [-0.4, -0.2) is 72.4 Å². The van der Waals surface area contributed by atoms with Gasteiger partial charge in [-0.1, -0.05) is 0 Å². The Morgan fingerprint density at radius 1 is 1.15 bits per heavy atom. The molecular weight excluding hydrogens is 256 g/mol. The quantitative estimate of drug-likeness (QED) is 0.824. The van der Waals surface area contributed by atoms with E-state index in [0.717, 1.165) is 32.1 Å². The van der Waals surface area contributed by atoms with Crippen LogP contribution in [0.2, 0.25) is 0 Å². The van der Waals surface area contributed by atoms with E-state index in [2.05, 4.69) is 23.6 Å². The highest BCUT2D eigenvalue weighted by atomic mass is 16.5. The van der Waals surface area contributed by atoms with Gasteiger partial charge in [-0.3, -0.25) is 9.69 Å². The van der Waals surface area contributed by atoms with Crippen molar-refractivity contribution >= 4 is 5.97 Å². The van der Waals surface area contributed by atoms with Gasteiger partial charge in [0.05, 0.1) is 18.6 Å². The van der Waals surface area contributed by atoms with Crippen LogP contribution in [0.5, 0.6) is 0 Å². The van der Waals surface area contributed by atoms with E-state index in [9.17, 15) is 4.79 Å². The molecule has 2 fully saturated rings. The minimum Gasteiger partial charge on any atom is -0.481 e. The summed E-state index contributed by atoms with van der Waals surface area (Å²) >= 11 is 0. The van der Waals surface area contributed by atoms with E-state index < -0.39 is 5.97 Å². The zero-order valence-electron chi connectivity index (χ0n) is 12.8. The molecule has 0 bridgehead atoms. The van der Waals surface area contributed by atoms with E-state index in [4.69, 9.17) is 9.84 Å². The molecular formula is C15H28N2O3. The molecule has 0 aliphatic carbocycles. The molecule has 2 heterocycles. The Kier molecular flexibility index (Phi) is 5.81. The minimum absolute atomic E-state index is 0.267. The Bertz CT molecular complexity index is 306. The second-order valence-electron chi connectivity index (χ2n) is 6.40. The van der Waals surface area contributed by atoms with Crippen molar-refractivity contribution < 1.29 is 14.6 Å². The molecule has 5 heteroatoms. The van der Waals surface area contributed by atoms with Gasteiger partial charge in [-0.25, -0.2) is 0 Å². The molecule has 0 spiro atoms. The molecule has 0 amide bonds. The van der Waals surface area contributed by atoms with Crippen LogP contribution in [0, 0.1) is 5.92 Å². The van der Waals surface area contributed by atoms with Gasteiger partial charge in [0.2, 0.25) is 0 Å². The first-order chi connectivity index (χ1) is 9.52. The predicted molar refractivity (Wildman–Crippen MR) is 77.9 cm³/mol. The van der Waals surface area contributed by atoms with Crippen LogP contribution >= 0.6 is 0 Å². The maximum atomic E-state index is 10.6. The van der Waals surface area contributed by atoms with Gasteiger partial charge in [-0.05, 0) is 45.7 Å². The molecule has 0 aromatic rings. The third kappa shape index (κ3) is 5.04. The van der Waals surface area contributed by atoms with Gasteiger partial charge >= 0.3 is 5.97 Å². The third-order valence-electron chi connectivity index (χ3n) is 4.36. The fraction of sp³-hybridized carbons (Fsp3) is 0.933. The van der Waals surface area contributed by atoms with E-state index in [1.54, 1.807) is 0 Å². The number of carboxylic acids is 1. The normalized spacial score (nSPS) is 30.5. The first-order valence-electron chi connectivity index (χ1n) is 7.85. The number of likely N-dealkylation sites (tertiary alicyclic amines) is 1. The van der Waals surface area contributed by atoms with Crippen molar-refractivity contribution in [2.45, 2.75) is 45.3 Å². The summed E-state index contributed by atoms with van der Waals surface area (Å²) in [5.41, 5.74) is 0. The highest BCUT2D eigenvalue weighted by Gasteiger charge is 2.26. The number of ether oxygens (including phenoxy) is 1. The molecule has 0 aromatic heterocycles. The Labute approximate surface area is 121 Å². The molecule has 2 aliphatic heterocycles. The van der Waals surface area contributed by atoms with E-state index in [1.807, 2.05) is 0 Å². The number of hydrogen-bond acceptors (Lipinski definition) is 4.